The summed E-state index contributed by atoms with van der Waals surface area (Å²) in [7, 11) is -16.8. The van der Waals surface area contributed by atoms with Crippen molar-refractivity contribution in [2.24, 2.45) is 0 Å². The predicted octanol–water partition coefficient (Wildman–Crippen LogP) is 2.14. The number of hydrogen-bond donors (Lipinski definition) is 2. The van der Waals surface area contributed by atoms with Gasteiger partial charge < -0.3 is 20.8 Å². The molecule has 0 unspecified atom stereocenters. The number of nitrogens with one attached hydrogen (secondary N) is 2. The largest absolute Gasteiger partial charge is 0.412 e. The van der Waals surface area contributed by atoms with Crippen LogP contribution in [0, 0.1) is 0 Å². The van der Waals surface area contributed by atoms with Crippen LogP contribution in [0.1, 0.15) is 0 Å². The van der Waals surface area contributed by atoms with Crippen molar-refractivity contribution in [3.05, 3.63) is 0 Å². The minimum absolute atomic E-state index is 0. The van der Waals surface area contributed by atoms with E-state index in [1.54, 1.807) is 9.80 Å². The Morgan fingerprint density at radius 2 is 0.542 bits per heavy atom. The molecule has 0 amide bonds. The van der Waals surface area contributed by atoms with Gasteiger partial charge in [-0.2, -0.15) is 0 Å². The number of likely N-dealkylation sites (N-methyl/N-ethyl adjacent to an activating group) is 2. The van der Waals surface area contributed by atoms with Crippen molar-refractivity contribution in [1.82, 2.24) is 0 Å². The third-order valence-corrected chi connectivity index (χ3v) is 1.96. The van der Waals surface area contributed by atoms with Crippen molar-refractivity contribution in [1.29, 1.82) is 0 Å². The molecule has 1 rings (SSSR count). The van der Waals surface area contributed by atoms with Crippen LogP contribution >= 0.6 is 15.6 Å². The molecule has 24 heavy (non-hydrogen) atoms. The molecule has 1 aliphatic rings. The van der Waals surface area contributed by atoms with Gasteiger partial charge in [-0.3, -0.25) is 0 Å². The zero-order valence-corrected chi connectivity index (χ0v) is 14.0. The summed E-state index contributed by atoms with van der Waals surface area (Å²) in [4.78, 5) is 3.38. The molecular weight excluding hydrogens is 422 g/mol. The summed E-state index contributed by atoms with van der Waals surface area (Å²) in [5.41, 5.74) is 0. The number of hydrogen-bond acceptors (Lipinski definition) is 0. The Labute approximate surface area is 128 Å². The van der Waals surface area contributed by atoms with Crippen LogP contribution in [-0.4, -0.2) is 51.2 Å². The van der Waals surface area contributed by atoms with Gasteiger partial charge >= 0.3 is 66.0 Å². The van der Waals surface area contributed by atoms with Gasteiger partial charge in [-0.05, 0) is 0 Å². The Kier molecular flexibility index (Phi) is 9.06. The van der Waals surface area contributed by atoms with E-state index in [0.717, 1.165) is 0 Å². The van der Waals surface area contributed by atoms with Crippen LogP contribution in [-0.2, 0) is 0 Å². The molecule has 0 aliphatic carbocycles. The molecule has 1 saturated heterocycles. The summed E-state index contributed by atoms with van der Waals surface area (Å²) in [5.74, 6) is 0. The van der Waals surface area contributed by atoms with Crippen molar-refractivity contribution in [3.8, 4) is 0 Å². The average Bonchev–Trinajstić information content (AvgIpc) is 1.98. The van der Waals surface area contributed by atoms with Gasteiger partial charge in [0.05, 0.1) is 14.1 Å². The summed E-state index contributed by atoms with van der Waals surface area (Å²) in [6.07, 6.45) is 0. The molecule has 0 spiro atoms. The number of rotatable bonds is 0. The van der Waals surface area contributed by atoms with Crippen molar-refractivity contribution in [3.63, 3.8) is 0 Å². The number of piperazine rings is 1. The van der Waals surface area contributed by atoms with Crippen LogP contribution in [0.2, 0.25) is 0 Å². The molecule has 160 valence electrons. The summed E-state index contributed by atoms with van der Waals surface area (Å²) >= 11 is 0. The van der Waals surface area contributed by atoms with E-state index in [2.05, 4.69) is 14.1 Å². The maximum Gasteiger partial charge on any atom is -0.412 e. The van der Waals surface area contributed by atoms with Crippen molar-refractivity contribution < 1.29 is 71.1 Å². The third-order valence-electron chi connectivity index (χ3n) is 1.96. The Bertz CT molecular complexity index is 306. The van der Waals surface area contributed by atoms with E-state index in [1.165, 1.54) is 26.2 Å². The van der Waals surface area contributed by atoms with Gasteiger partial charge in [0.15, 0.2) is 0 Å². The Morgan fingerprint density at radius 3 is 0.625 bits per heavy atom. The maximum atomic E-state index is 9.87. The van der Waals surface area contributed by atoms with E-state index in [1.807, 2.05) is 0 Å². The molecule has 0 radical (unpaired) electrons. The fraction of sp³-hybridized carbons (Fsp3) is 1.00. The SMILES string of the molecule is C[NH+]1CC[NH+](C)CC1.F[P-](F)(F)(F)(F)F.F[P-](F)(F)(F)(F)F.O.O. The second-order valence-electron chi connectivity index (χ2n) is 4.83. The molecule has 0 saturated carbocycles. The van der Waals surface area contributed by atoms with Crippen LogP contribution in [0.15, 0.2) is 0 Å². The Hall–Kier alpha value is -0.140. The van der Waals surface area contributed by atoms with E-state index in [0.29, 0.717) is 0 Å². The monoisotopic (exact) mass is 442 g/mol. The first-order chi connectivity index (χ1) is 8.69. The Balaban J connectivity index is -0.000000121. The minimum Gasteiger partial charge on any atom is -0.412 e. The second-order valence-corrected chi connectivity index (χ2v) is 8.66. The quantitative estimate of drug-likeness (QED) is 0.427. The van der Waals surface area contributed by atoms with Crippen LogP contribution in [0.5, 0.6) is 0 Å². The molecule has 6 N–H and O–H groups in total. The summed E-state index contributed by atoms with van der Waals surface area (Å²) in [5, 5.41) is 0. The van der Waals surface area contributed by atoms with Gasteiger partial charge in [-0.25, -0.2) is 0 Å². The van der Waals surface area contributed by atoms with E-state index in [9.17, 15) is 50.4 Å². The first-order valence-corrected chi connectivity index (χ1v) is 9.50. The zero-order valence-electron chi connectivity index (χ0n) is 12.3. The molecule has 0 bridgehead atoms. The summed E-state index contributed by atoms with van der Waals surface area (Å²) < 4.78 is 118. The predicted molar refractivity (Wildman–Crippen MR) is 67.6 cm³/mol. The number of halogens is 12. The van der Waals surface area contributed by atoms with Gasteiger partial charge in [-0.1, -0.05) is 0 Å². The van der Waals surface area contributed by atoms with Gasteiger partial charge in [-0.15, -0.1) is 0 Å². The van der Waals surface area contributed by atoms with E-state index >= 15 is 0 Å². The molecular formula is C6H20F12N2O2P2. The first-order valence-electron chi connectivity index (χ1n) is 5.44. The van der Waals surface area contributed by atoms with Gasteiger partial charge in [0.1, 0.15) is 26.2 Å². The van der Waals surface area contributed by atoms with Crippen LogP contribution in [0.25, 0.3) is 0 Å². The molecule has 1 aliphatic heterocycles. The normalized spacial score (nSPS) is 26.8. The van der Waals surface area contributed by atoms with E-state index in [4.69, 9.17) is 0 Å². The molecule has 1 heterocycles. The molecule has 0 aromatic rings. The summed E-state index contributed by atoms with van der Waals surface area (Å²) in [6, 6.07) is 0. The summed E-state index contributed by atoms with van der Waals surface area (Å²) in [6.45, 7) is 5.41. The molecule has 0 aromatic carbocycles. The third kappa shape index (κ3) is 97.8. The second kappa shape index (κ2) is 6.88. The standard InChI is InChI=1S/C6H14N2.2F6P.2H2O/c1-7-3-5-8(2)6-4-7;2*1-7(2,3,4,5)6;;/h3-6H2,1-2H3;;;2*1H2/q;2*-1;;/p+2. The molecule has 1 fully saturated rings. The van der Waals surface area contributed by atoms with Gasteiger partial charge in [0.2, 0.25) is 0 Å². The van der Waals surface area contributed by atoms with Crippen LogP contribution in [0.3, 0.4) is 0 Å². The van der Waals surface area contributed by atoms with Crippen molar-refractivity contribution in [2.75, 3.05) is 40.3 Å². The fourth-order valence-corrected chi connectivity index (χ4v) is 1.10. The maximum absolute atomic E-state index is 10.7. The first kappa shape index (κ1) is 31.6. The van der Waals surface area contributed by atoms with E-state index < -0.39 is 15.6 Å². The smallest absolute Gasteiger partial charge is 0.412 e. The van der Waals surface area contributed by atoms with Crippen molar-refractivity contribution >= 4 is 15.6 Å². The van der Waals surface area contributed by atoms with Crippen LogP contribution < -0.4 is 9.80 Å². The van der Waals surface area contributed by atoms with Crippen LogP contribution in [0.4, 0.5) is 50.4 Å². The zero-order chi connectivity index (χ0) is 18.8. The molecule has 0 atom stereocenters. The minimum atomic E-state index is -10.7. The topological polar surface area (TPSA) is 71.9 Å². The molecule has 0 aromatic heterocycles. The van der Waals surface area contributed by atoms with Gasteiger partial charge in [0, 0.05) is 0 Å². The molecule has 4 nitrogen and oxygen atoms in total. The fourth-order valence-electron chi connectivity index (χ4n) is 1.10. The van der Waals surface area contributed by atoms with E-state index in [-0.39, 0.29) is 11.0 Å². The van der Waals surface area contributed by atoms with Crippen molar-refractivity contribution in [2.45, 2.75) is 0 Å². The van der Waals surface area contributed by atoms with Gasteiger partial charge in [0.25, 0.3) is 0 Å². The average molecular weight is 442 g/mol. The Morgan fingerprint density at radius 1 is 0.458 bits per heavy atom. The number of quaternary nitrogens is 2. The molecule has 18 heteroatoms.